The van der Waals surface area contributed by atoms with Gasteiger partial charge in [0.15, 0.2) is 0 Å². The second-order valence-electron chi connectivity index (χ2n) is 3.03. The van der Waals surface area contributed by atoms with Crippen LogP contribution in [0.5, 0.6) is 0 Å². The van der Waals surface area contributed by atoms with Crippen molar-refractivity contribution < 1.29 is 9.90 Å². The molecule has 4 nitrogen and oxygen atoms in total. The Bertz CT molecular complexity index is 393. The summed E-state index contributed by atoms with van der Waals surface area (Å²) in [6, 6.07) is 1.58. The van der Waals surface area contributed by atoms with Crippen molar-refractivity contribution in [2.24, 2.45) is 0 Å². The van der Waals surface area contributed by atoms with E-state index in [9.17, 15) is 4.79 Å². The molecule has 0 aliphatic carbocycles. The van der Waals surface area contributed by atoms with Crippen LogP contribution in [-0.2, 0) is 0 Å². The summed E-state index contributed by atoms with van der Waals surface area (Å²) in [5, 5.41) is 11.8. The zero-order chi connectivity index (χ0) is 11.4. The van der Waals surface area contributed by atoms with Gasteiger partial charge in [0.2, 0.25) is 0 Å². The van der Waals surface area contributed by atoms with Gasteiger partial charge < -0.3 is 10.4 Å². The second-order valence-corrected chi connectivity index (χ2v) is 3.88. The smallest absolute Gasteiger partial charge is 0.337 e. The van der Waals surface area contributed by atoms with Crippen molar-refractivity contribution in [2.75, 3.05) is 5.32 Å². The molecule has 0 aliphatic rings. The molecule has 0 radical (unpaired) electrons. The van der Waals surface area contributed by atoms with E-state index in [2.05, 4.69) is 32.8 Å². The number of aromatic nitrogens is 1. The number of halogens is 1. The number of aromatic carboxylic acids is 1. The molecular formula is C10H11BrN2O2. The minimum Gasteiger partial charge on any atom is -0.478 e. The second kappa shape index (κ2) is 4.93. The lowest BCUT2D eigenvalue weighted by Crippen LogP contribution is -2.13. The number of nitrogens with zero attached hydrogens (tertiary/aromatic N) is 1. The fourth-order valence-corrected chi connectivity index (χ4v) is 1.40. The van der Waals surface area contributed by atoms with Gasteiger partial charge in [-0.15, -0.1) is 6.58 Å². The number of carboxylic acid groups (broad SMARTS) is 1. The summed E-state index contributed by atoms with van der Waals surface area (Å²) in [7, 11) is 0. The molecule has 1 atom stereocenters. The fourth-order valence-electron chi connectivity index (χ4n) is 0.936. The Labute approximate surface area is 96.2 Å². The first kappa shape index (κ1) is 11.7. The van der Waals surface area contributed by atoms with Crippen molar-refractivity contribution in [3.63, 3.8) is 0 Å². The maximum Gasteiger partial charge on any atom is 0.337 e. The van der Waals surface area contributed by atoms with Crippen LogP contribution >= 0.6 is 15.9 Å². The molecule has 5 heteroatoms. The van der Waals surface area contributed by atoms with Crippen LogP contribution in [0, 0.1) is 0 Å². The van der Waals surface area contributed by atoms with Gasteiger partial charge in [0.05, 0.1) is 10.0 Å². The number of carboxylic acids is 1. The minimum absolute atomic E-state index is 0.0736. The highest BCUT2D eigenvalue weighted by Crippen LogP contribution is 2.21. The Balaban J connectivity index is 2.93. The average molecular weight is 271 g/mol. The van der Waals surface area contributed by atoms with Crippen LogP contribution in [0.25, 0.3) is 0 Å². The Hall–Kier alpha value is -1.36. The van der Waals surface area contributed by atoms with E-state index in [0.29, 0.717) is 10.3 Å². The predicted octanol–water partition coefficient (Wildman–Crippen LogP) is 2.53. The SMILES string of the molecule is C=CC(C)Nc1ncc(C(=O)O)cc1Br. The summed E-state index contributed by atoms with van der Waals surface area (Å²) in [5.74, 6) is -0.390. The summed E-state index contributed by atoms with van der Waals surface area (Å²) >= 11 is 3.25. The summed E-state index contributed by atoms with van der Waals surface area (Å²) in [6.07, 6.45) is 3.05. The van der Waals surface area contributed by atoms with Gasteiger partial charge in [-0.1, -0.05) is 6.08 Å². The summed E-state index contributed by atoms with van der Waals surface area (Å²) < 4.78 is 0.621. The van der Waals surface area contributed by atoms with E-state index in [1.54, 1.807) is 6.08 Å². The molecule has 0 aliphatic heterocycles. The number of anilines is 1. The molecule has 0 saturated heterocycles. The molecule has 1 rings (SSSR count). The lowest BCUT2D eigenvalue weighted by molar-refractivity contribution is 0.0696. The first-order valence-corrected chi connectivity index (χ1v) is 5.12. The number of rotatable bonds is 4. The van der Waals surface area contributed by atoms with E-state index in [0.717, 1.165) is 0 Å². The van der Waals surface area contributed by atoms with E-state index < -0.39 is 5.97 Å². The third-order valence-electron chi connectivity index (χ3n) is 1.81. The molecule has 1 heterocycles. The molecule has 2 N–H and O–H groups in total. The Morgan fingerprint density at radius 1 is 1.80 bits per heavy atom. The lowest BCUT2D eigenvalue weighted by atomic mass is 10.3. The van der Waals surface area contributed by atoms with Crippen molar-refractivity contribution >= 4 is 27.7 Å². The Morgan fingerprint density at radius 2 is 2.47 bits per heavy atom. The maximum absolute atomic E-state index is 10.6. The quantitative estimate of drug-likeness (QED) is 0.826. The van der Waals surface area contributed by atoms with Crippen molar-refractivity contribution in [2.45, 2.75) is 13.0 Å². The Kier molecular flexibility index (Phi) is 3.85. The summed E-state index contributed by atoms with van der Waals surface area (Å²) in [5.41, 5.74) is 0.152. The highest BCUT2D eigenvalue weighted by molar-refractivity contribution is 9.10. The van der Waals surface area contributed by atoms with Gasteiger partial charge in [-0.2, -0.15) is 0 Å². The van der Waals surface area contributed by atoms with E-state index in [1.165, 1.54) is 12.3 Å². The van der Waals surface area contributed by atoms with Crippen LogP contribution < -0.4 is 5.32 Å². The van der Waals surface area contributed by atoms with E-state index in [1.807, 2.05) is 6.92 Å². The zero-order valence-electron chi connectivity index (χ0n) is 8.20. The van der Waals surface area contributed by atoms with E-state index in [-0.39, 0.29) is 11.6 Å². The van der Waals surface area contributed by atoms with E-state index in [4.69, 9.17) is 5.11 Å². The van der Waals surface area contributed by atoms with Gasteiger partial charge in [0.1, 0.15) is 5.82 Å². The number of nitrogens with one attached hydrogen (secondary N) is 1. The van der Waals surface area contributed by atoms with Crippen molar-refractivity contribution in [1.29, 1.82) is 0 Å². The number of carbonyl (C=O) groups is 1. The number of hydrogen-bond donors (Lipinski definition) is 2. The van der Waals surface area contributed by atoms with Gasteiger partial charge in [-0.05, 0) is 28.9 Å². The van der Waals surface area contributed by atoms with Gasteiger partial charge in [-0.25, -0.2) is 9.78 Å². The third kappa shape index (κ3) is 3.06. The fraction of sp³-hybridized carbons (Fsp3) is 0.200. The van der Waals surface area contributed by atoms with Crippen LogP contribution in [0.4, 0.5) is 5.82 Å². The molecule has 0 spiro atoms. The molecule has 1 aromatic heterocycles. The summed E-state index contributed by atoms with van der Waals surface area (Å²) in [6.45, 7) is 5.56. The minimum atomic E-state index is -0.994. The molecular weight excluding hydrogens is 260 g/mol. The highest BCUT2D eigenvalue weighted by Gasteiger charge is 2.08. The van der Waals surface area contributed by atoms with Crippen molar-refractivity contribution in [1.82, 2.24) is 4.98 Å². The van der Waals surface area contributed by atoms with Crippen LogP contribution in [0.15, 0.2) is 29.4 Å². The van der Waals surface area contributed by atoms with Crippen LogP contribution in [0.1, 0.15) is 17.3 Å². The monoisotopic (exact) mass is 270 g/mol. The molecule has 80 valence electrons. The maximum atomic E-state index is 10.6. The van der Waals surface area contributed by atoms with Crippen LogP contribution in [0.2, 0.25) is 0 Å². The molecule has 0 fully saturated rings. The van der Waals surface area contributed by atoms with Gasteiger partial charge in [0, 0.05) is 12.2 Å². The van der Waals surface area contributed by atoms with Crippen molar-refractivity contribution in [3.8, 4) is 0 Å². The van der Waals surface area contributed by atoms with E-state index >= 15 is 0 Å². The molecule has 0 amide bonds. The average Bonchev–Trinajstić information content (AvgIpc) is 2.20. The molecule has 15 heavy (non-hydrogen) atoms. The molecule has 1 aromatic rings. The topological polar surface area (TPSA) is 62.2 Å². The third-order valence-corrected chi connectivity index (χ3v) is 2.41. The first-order valence-electron chi connectivity index (χ1n) is 4.32. The highest BCUT2D eigenvalue weighted by atomic mass is 79.9. The molecule has 0 saturated carbocycles. The predicted molar refractivity (Wildman–Crippen MR) is 62.2 cm³/mol. The lowest BCUT2D eigenvalue weighted by Gasteiger charge is -2.11. The molecule has 1 unspecified atom stereocenters. The standard InChI is InChI=1S/C10H11BrN2O2/c1-3-6(2)13-9-8(11)4-7(5-12-9)10(14)15/h3-6H,1H2,2H3,(H,12,13)(H,14,15). The number of hydrogen-bond acceptors (Lipinski definition) is 3. The van der Waals surface area contributed by atoms with Gasteiger partial charge in [0.25, 0.3) is 0 Å². The van der Waals surface area contributed by atoms with Crippen molar-refractivity contribution in [3.05, 3.63) is 35.0 Å². The molecule has 0 bridgehead atoms. The van der Waals surface area contributed by atoms with Crippen LogP contribution in [0.3, 0.4) is 0 Å². The van der Waals surface area contributed by atoms with Gasteiger partial charge in [-0.3, -0.25) is 0 Å². The largest absolute Gasteiger partial charge is 0.478 e. The summed E-state index contributed by atoms with van der Waals surface area (Å²) in [4.78, 5) is 14.6. The number of pyridine rings is 1. The Morgan fingerprint density at radius 3 is 2.93 bits per heavy atom. The van der Waals surface area contributed by atoms with Gasteiger partial charge >= 0.3 is 5.97 Å². The normalized spacial score (nSPS) is 11.9. The molecule has 0 aromatic carbocycles. The first-order chi connectivity index (χ1) is 7.04. The zero-order valence-corrected chi connectivity index (χ0v) is 9.78. The van der Waals surface area contributed by atoms with Crippen LogP contribution in [-0.4, -0.2) is 22.1 Å².